The Morgan fingerprint density at radius 1 is 1.50 bits per heavy atom. The second kappa shape index (κ2) is 2.50. The lowest BCUT2D eigenvalue weighted by atomic mass is 10.2. The fourth-order valence-electron chi connectivity index (χ4n) is 0.668. The van der Waals surface area contributed by atoms with Gasteiger partial charge in [0.2, 0.25) is 0 Å². The summed E-state index contributed by atoms with van der Waals surface area (Å²) in [5.41, 5.74) is 0.692. The third-order valence-electron chi connectivity index (χ3n) is 1.14. The molecule has 1 rings (SSSR count). The summed E-state index contributed by atoms with van der Waals surface area (Å²) in [6.07, 6.45) is 0. The zero-order chi connectivity index (χ0) is 7.72. The summed E-state index contributed by atoms with van der Waals surface area (Å²) in [5, 5.41) is 17.9. The SMILES string of the molecule is Cc1[c]c(O)cc(O)c1Br. The van der Waals surface area contributed by atoms with Gasteiger partial charge in [-0.05, 0) is 28.4 Å². The van der Waals surface area contributed by atoms with Crippen molar-refractivity contribution in [3.05, 3.63) is 22.2 Å². The van der Waals surface area contributed by atoms with Crippen molar-refractivity contribution in [1.82, 2.24) is 0 Å². The quantitative estimate of drug-likeness (QED) is 0.675. The molecular weight excluding hydrogens is 196 g/mol. The lowest BCUT2D eigenvalue weighted by molar-refractivity contribution is 0.447. The highest BCUT2D eigenvalue weighted by atomic mass is 79.9. The average Bonchev–Trinajstić information content (AvgIpc) is 1.82. The van der Waals surface area contributed by atoms with Gasteiger partial charge in [0, 0.05) is 12.1 Å². The van der Waals surface area contributed by atoms with Crippen molar-refractivity contribution in [1.29, 1.82) is 0 Å². The third-order valence-corrected chi connectivity index (χ3v) is 2.14. The van der Waals surface area contributed by atoms with Crippen LogP contribution in [-0.4, -0.2) is 10.2 Å². The second-order valence-corrected chi connectivity index (χ2v) is 2.77. The predicted octanol–water partition coefficient (Wildman–Crippen LogP) is 1.97. The molecule has 0 aliphatic heterocycles. The Labute approximate surface area is 67.3 Å². The van der Waals surface area contributed by atoms with Crippen LogP contribution in [0.1, 0.15) is 5.56 Å². The summed E-state index contributed by atoms with van der Waals surface area (Å²) in [7, 11) is 0. The molecule has 0 bridgehead atoms. The minimum Gasteiger partial charge on any atom is -0.507 e. The number of hydrogen-bond donors (Lipinski definition) is 2. The summed E-state index contributed by atoms with van der Waals surface area (Å²) in [6, 6.07) is 3.86. The smallest absolute Gasteiger partial charge is 0.133 e. The van der Waals surface area contributed by atoms with Gasteiger partial charge >= 0.3 is 0 Å². The van der Waals surface area contributed by atoms with E-state index in [0.29, 0.717) is 10.0 Å². The molecule has 2 N–H and O–H groups in total. The van der Waals surface area contributed by atoms with E-state index in [4.69, 9.17) is 10.2 Å². The fraction of sp³-hybridized carbons (Fsp3) is 0.143. The van der Waals surface area contributed by atoms with E-state index in [0.717, 1.165) is 0 Å². The van der Waals surface area contributed by atoms with E-state index in [9.17, 15) is 0 Å². The van der Waals surface area contributed by atoms with Crippen LogP contribution in [0, 0.1) is 13.0 Å². The molecule has 0 saturated carbocycles. The first-order valence-corrected chi connectivity index (χ1v) is 3.51. The molecule has 0 amide bonds. The fourth-order valence-corrected chi connectivity index (χ4v) is 0.882. The number of benzene rings is 1. The highest BCUT2D eigenvalue weighted by Crippen LogP contribution is 2.30. The van der Waals surface area contributed by atoms with Gasteiger partial charge in [-0.2, -0.15) is 0 Å². The monoisotopic (exact) mass is 201 g/mol. The van der Waals surface area contributed by atoms with Gasteiger partial charge in [-0.15, -0.1) is 0 Å². The van der Waals surface area contributed by atoms with E-state index < -0.39 is 0 Å². The number of phenols is 2. The van der Waals surface area contributed by atoms with Crippen molar-refractivity contribution in [2.24, 2.45) is 0 Å². The van der Waals surface area contributed by atoms with Crippen molar-refractivity contribution in [3.63, 3.8) is 0 Å². The molecule has 0 saturated heterocycles. The van der Waals surface area contributed by atoms with E-state index in [1.165, 1.54) is 6.07 Å². The third kappa shape index (κ3) is 1.24. The summed E-state index contributed by atoms with van der Waals surface area (Å²) >= 11 is 3.12. The molecule has 0 spiro atoms. The Bertz CT molecular complexity index is 235. The molecule has 0 unspecified atom stereocenters. The molecule has 10 heavy (non-hydrogen) atoms. The zero-order valence-corrected chi connectivity index (χ0v) is 6.94. The van der Waals surface area contributed by atoms with Gasteiger partial charge in [0.15, 0.2) is 0 Å². The molecule has 3 heteroatoms. The first-order valence-electron chi connectivity index (χ1n) is 2.71. The average molecular weight is 202 g/mol. The number of phenolic OH excluding ortho intramolecular Hbond substituents is 2. The predicted molar refractivity (Wildman–Crippen MR) is 41.0 cm³/mol. The van der Waals surface area contributed by atoms with Crippen LogP contribution in [0.5, 0.6) is 11.5 Å². The maximum atomic E-state index is 9.05. The zero-order valence-electron chi connectivity index (χ0n) is 5.35. The topological polar surface area (TPSA) is 40.5 Å². The van der Waals surface area contributed by atoms with Crippen molar-refractivity contribution in [2.75, 3.05) is 0 Å². The second-order valence-electron chi connectivity index (χ2n) is 1.98. The molecule has 0 fully saturated rings. The van der Waals surface area contributed by atoms with Crippen molar-refractivity contribution in [3.8, 4) is 11.5 Å². The Kier molecular flexibility index (Phi) is 1.85. The highest BCUT2D eigenvalue weighted by Gasteiger charge is 2.02. The van der Waals surface area contributed by atoms with Crippen molar-refractivity contribution >= 4 is 15.9 Å². The van der Waals surface area contributed by atoms with Gasteiger partial charge in [-0.25, -0.2) is 0 Å². The number of aromatic hydroxyl groups is 2. The normalized spacial score (nSPS) is 9.80. The summed E-state index contributed by atoms with van der Waals surface area (Å²) in [4.78, 5) is 0. The van der Waals surface area contributed by atoms with Crippen molar-refractivity contribution in [2.45, 2.75) is 6.92 Å². The molecule has 0 aliphatic carbocycles. The molecule has 0 aromatic heterocycles. The number of halogens is 1. The van der Waals surface area contributed by atoms with Crippen LogP contribution >= 0.6 is 15.9 Å². The van der Waals surface area contributed by atoms with Gasteiger partial charge in [0.25, 0.3) is 0 Å². The van der Waals surface area contributed by atoms with Crippen LogP contribution in [0.2, 0.25) is 0 Å². The number of aryl methyl sites for hydroxylation is 1. The summed E-state index contributed by atoms with van der Waals surface area (Å²) in [5.74, 6) is -0.00745. The minimum absolute atomic E-state index is 0.0359. The molecule has 1 aromatic carbocycles. The number of rotatable bonds is 0. The molecule has 53 valence electrons. The van der Waals surface area contributed by atoms with Gasteiger partial charge < -0.3 is 10.2 Å². The summed E-state index contributed by atoms with van der Waals surface area (Å²) in [6.45, 7) is 1.74. The molecule has 1 aromatic rings. The van der Waals surface area contributed by atoms with Gasteiger partial charge in [0.1, 0.15) is 11.5 Å². The van der Waals surface area contributed by atoms with Crippen LogP contribution < -0.4 is 0 Å². The maximum Gasteiger partial charge on any atom is 0.133 e. The molecule has 2 nitrogen and oxygen atoms in total. The number of hydrogen-bond acceptors (Lipinski definition) is 2. The standard InChI is InChI=1S/C7H6BrO2/c1-4-2-5(9)3-6(10)7(4)8/h3,9-10H,1H3. The van der Waals surface area contributed by atoms with E-state index >= 15 is 0 Å². The van der Waals surface area contributed by atoms with E-state index in [1.54, 1.807) is 6.92 Å². The first-order chi connectivity index (χ1) is 4.61. The van der Waals surface area contributed by atoms with Crippen LogP contribution in [0.15, 0.2) is 10.5 Å². The lowest BCUT2D eigenvalue weighted by Crippen LogP contribution is -1.76. The Morgan fingerprint density at radius 2 is 2.10 bits per heavy atom. The van der Waals surface area contributed by atoms with E-state index in [1.807, 2.05) is 0 Å². The van der Waals surface area contributed by atoms with Gasteiger partial charge in [-0.1, -0.05) is 0 Å². The van der Waals surface area contributed by atoms with Gasteiger partial charge in [0.05, 0.1) is 4.47 Å². The maximum absolute atomic E-state index is 9.05. The Hall–Kier alpha value is -0.700. The molecule has 0 atom stereocenters. The largest absolute Gasteiger partial charge is 0.507 e. The first kappa shape index (κ1) is 7.41. The van der Waals surface area contributed by atoms with E-state index in [-0.39, 0.29) is 11.5 Å². The Morgan fingerprint density at radius 3 is 2.60 bits per heavy atom. The van der Waals surface area contributed by atoms with Crippen LogP contribution in [-0.2, 0) is 0 Å². The van der Waals surface area contributed by atoms with E-state index in [2.05, 4.69) is 22.0 Å². The lowest BCUT2D eigenvalue weighted by Gasteiger charge is -2.00. The highest BCUT2D eigenvalue weighted by molar-refractivity contribution is 9.10. The van der Waals surface area contributed by atoms with Crippen LogP contribution in [0.3, 0.4) is 0 Å². The van der Waals surface area contributed by atoms with Crippen LogP contribution in [0.4, 0.5) is 0 Å². The molecule has 0 aliphatic rings. The summed E-state index contributed by atoms with van der Waals surface area (Å²) < 4.78 is 0.574. The molecule has 0 heterocycles. The minimum atomic E-state index is -0.0433. The van der Waals surface area contributed by atoms with Crippen molar-refractivity contribution < 1.29 is 10.2 Å². The Balaban J connectivity index is 3.31. The molecular formula is C7H6BrO2. The van der Waals surface area contributed by atoms with Gasteiger partial charge in [-0.3, -0.25) is 0 Å². The van der Waals surface area contributed by atoms with Crippen LogP contribution in [0.25, 0.3) is 0 Å². The molecule has 1 radical (unpaired) electrons.